The number of hydrogen-bond acceptors (Lipinski definition) is 5. The average Bonchev–Trinajstić information content (AvgIpc) is 3.37. The maximum absolute atomic E-state index is 12.9. The summed E-state index contributed by atoms with van der Waals surface area (Å²) in [7, 11) is 3.51. The Morgan fingerprint density at radius 2 is 1.78 bits per heavy atom. The summed E-state index contributed by atoms with van der Waals surface area (Å²) in [4.78, 5) is 36.7. The van der Waals surface area contributed by atoms with Crippen molar-refractivity contribution >= 4 is 39.6 Å². The van der Waals surface area contributed by atoms with E-state index in [-0.39, 0.29) is 17.1 Å². The molecule has 1 aromatic carbocycles. The minimum Gasteiger partial charge on any atom is -0.306 e. The second kappa shape index (κ2) is 9.20. The van der Waals surface area contributed by atoms with Crippen molar-refractivity contribution in [2.45, 2.75) is 39.0 Å². The van der Waals surface area contributed by atoms with Crippen molar-refractivity contribution in [3.05, 3.63) is 76.1 Å². The van der Waals surface area contributed by atoms with Gasteiger partial charge in [0, 0.05) is 43.4 Å². The van der Waals surface area contributed by atoms with E-state index < -0.39 is 0 Å². The monoisotopic (exact) mass is 498 g/mol. The second-order valence-corrected chi connectivity index (χ2v) is 10.2. The Morgan fingerprint density at radius 1 is 1.00 bits per heavy atom. The first kappa shape index (κ1) is 24.2. The molecule has 10 nitrogen and oxygen atoms in total. The molecule has 0 fully saturated rings. The van der Waals surface area contributed by atoms with E-state index in [0.29, 0.717) is 29.1 Å². The van der Waals surface area contributed by atoms with Gasteiger partial charge >= 0.3 is 11.7 Å². The summed E-state index contributed by atoms with van der Waals surface area (Å²) in [5.74, 6) is 0.610. The SMILES string of the molecule is Cn1nc(C(C)(C)C)cc1NC(=O)Nc1ccc(CCc2ccnc3c2[nH]c(=O)n3C)c2cccnc12. The smallest absolute Gasteiger partial charge is 0.306 e. The number of aromatic amines is 1. The number of aromatic nitrogens is 6. The van der Waals surface area contributed by atoms with Gasteiger partial charge in [-0.25, -0.2) is 14.6 Å². The Balaban J connectivity index is 1.37. The predicted octanol–water partition coefficient (Wildman–Crippen LogP) is 4.27. The number of carbonyl (C=O) groups excluding carboxylic acids is 1. The zero-order valence-electron chi connectivity index (χ0n) is 21.6. The number of urea groups is 1. The largest absolute Gasteiger partial charge is 0.327 e. The fourth-order valence-corrected chi connectivity index (χ4v) is 4.42. The molecule has 0 aliphatic carbocycles. The van der Waals surface area contributed by atoms with Gasteiger partial charge in [-0.3, -0.25) is 19.5 Å². The zero-order valence-corrected chi connectivity index (χ0v) is 21.6. The number of hydrogen-bond donors (Lipinski definition) is 3. The lowest BCUT2D eigenvalue weighted by molar-refractivity contribution is 0.262. The second-order valence-electron chi connectivity index (χ2n) is 10.2. The van der Waals surface area contributed by atoms with E-state index in [1.807, 2.05) is 36.4 Å². The van der Waals surface area contributed by atoms with Gasteiger partial charge in [0.2, 0.25) is 0 Å². The summed E-state index contributed by atoms with van der Waals surface area (Å²) in [6.07, 6.45) is 4.89. The van der Waals surface area contributed by atoms with Crippen molar-refractivity contribution in [3.8, 4) is 0 Å². The number of anilines is 2. The van der Waals surface area contributed by atoms with Gasteiger partial charge in [-0.1, -0.05) is 32.9 Å². The number of H-pyrrole nitrogens is 1. The molecule has 4 aromatic heterocycles. The number of fused-ring (bicyclic) bond motifs is 2. The highest BCUT2D eigenvalue weighted by Crippen LogP contribution is 2.27. The minimum atomic E-state index is -0.365. The number of rotatable bonds is 5. The predicted molar refractivity (Wildman–Crippen MR) is 145 cm³/mol. The molecule has 0 radical (unpaired) electrons. The lowest BCUT2D eigenvalue weighted by Crippen LogP contribution is -2.21. The molecular weight excluding hydrogens is 468 g/mol. The Hall–Kier alpha value is -4.47. The van der Waals surface area contributed by atoms with Crippen LogP contribution in [0.15, 0.2) is 53.6 Å². The Labute approximate surface area is 213 Å². The Kier molecular flexibility index (Phi) is 6.02. The number of nitrogens with one attached hydrogen (secondary N) is 3. The van der Waals surface area contributed by atoms with E-state index in [0.717, 1.165) is 34.1 Å². The van der Waals surface area contributed by atoms with Crippen molar-refractivity contribution < 1.29 is 4.79 Å². The van der Waals surface area contributed by atoms with Crippen LogP contribution < -0.4 is 16.3 Å². The highest BCUT2D eigenvalue weighted by atomic mass is 16.2. The summed E-state index contributed by atoms with van der Waals surface area (Å²) >= 11 is 0. The van der Waals surface area contributed by atoms with Crippen molar-refractivity contribution in [1.29, 1.82) is 0 Å². The first-order valence-electron chi connectivity index (χ1n) is 12.1. The normalized spacial score (nSPS) is 11.8. The lowest BCUT2D eigenvalue weighted by Gasteiger charge is -2.13. The third-order valence-corrected chi connectivity index (χ3v) is 6.53. The molecule has 0 saturated carbocycles. The molecule has 3 N–H and O–H groups in total. The Bertz CT molecular complexity index is 1690. The van der Waals surface area contributed by atoms with Gasteiger partial charge in [0.25, 0.3) is 0 Å². The molecule has 5 rings (SSSR count). The van der Waals surface area contributed by atoms with E-state index in [1.54, 1.807) is 31.2 Å². The number of amides is 2. The summed E-state index contributed by atoms with van der Waals surface area (Å²) in [5.41, 5.74) is 5.44. The van der Waals surface area contributed by atoms with Gasteiger partial charge < -0.3 is 10.3 Å². The van der Waals surface area contributed by atoms with E-state index in [2.05, 4.69) is 51.5 Å². The number of imidazole rings is 1. The van der Waals surface area contributed by atoms with Crippen LogP contribution in [0.3, 0.4) is 0 Å². The minimum absolute atomic E-state index is 0.123. The molecule has 4 heterocycles. The van der Waals surface area contributed by atoms with Crippen LogP contribution in [0, 0.1) is 0 Å². The van der Waals surface area contributed by atoms with E-state index >= 15 is 0 Å². The van der Waals surface area contributed by atoms with Crippen LogP contribution in [0.4, 0.5) is 16.3 Å². The number of aryl methyl sites for hydroxylation is 4. The lowest BCUT2D eigenvalue weighted by atomic mass is 9.92. The quantitative estimate of drug-likeness (QED) is 0.334. The third-order valence-electron chi connectivity index (χ3n) is 6.53. The zero-order chi connectivity index (χ0) is 26.3. The third kappa shape index (κ3) is 4.69. The van der Waals surface area contributed by atoms with Crippen LogP contribution in [-0.2, 0) is 32.4 Å². The van der Waals surface area contributed by atoms with Crippen LogP contribution in [0.25, 0.3) is 22.1 Å². The molecule has 0 saturated heterocycles. The number of benzene rings is 1. The van der Waals surface area contributed by atoms with E-state index in [9.17, 15) is 9.59 Å². The topological polar surface area (TPSA) is 123 Å². The molecule has 5 aromatic rings. The fourth-order valence-electron chi connectivity index (χ4n) is 4.42. The summed E-state index contributed by atoms with van der Waals surface area (Å²) in [5, 5.41) is 11.3. The standard InChI is InChI=1S/C27H30N8O2/c1-27(2,3)20-15-21(35(5)33-20)31-25(36)30-19-11-10-16(18-7-6-13-28-23(18)19)8-9-17-12-14-29-24-22(17)32-26(37)34(24)4/h6-7,10-15H,8-9H2,1-5H3,(H,32,37)(H2,30,31,36). The molecule has 0 bridgehead atoms. The van der Waals surface area contributed by atoms with Crippen molar-refractivity contribution in [3.63, 3.8) is 0 Å². The highest BCUT2D eigenvalue weighted by molar-refractivity contribution is 6.05. The Morgan fingerprint density at radius 3 is 2.54 bits per heavy atom. The summed E-state index contributed by atoms with van der Waals surface area (Å²) < 4.78 is 3.18. The molecule has 10 heteroatoms. The van der Waals surface area contributed by atoms with Gasteiger partial charge in [-0.15, -0.1) is 0 Å². The maximum Gasteiger partial charge on any atom is 0.327 e. The van der Waals surface area contributed by atoms with E-state index in [1.165, 1.54) is 4.57 Å². The molecule has 0 aliphatic rings. The molecule has 37 heavy (non-hydrogen) atoms. The van der Waals surface area contributed by atoms with Crippen molar-refractivity contribution in [2.75, 3.05) is 10.6 Å². The molecule has 0 unspecified atom stereocenters. The van der Waals surface area contributed by atoms with Crippen LogP contribution in [0.5, 0.6) is 0 Å². The number of pyridine rings is 2. The van der Waals surface area contributed by atoms with Crippen LogP contribution in [0.2, 0.25) is 0 Å². The molecule has 0 spiro atoms. The highest BCUT2D eigenvalue weighted by Gasteiger charge is 2.20. The van der Waals surface area contributed by atoms with Gasteiger partial charge in [-0.05, 0) is 42.2 Å². The van der Waals surface area contributed by atoms with Gasteiger partial charge in [0.1, 0.15) is 5.82 Å². The first-order chi connectivity index (χ1) is 17.6. The van der Waals surface area contributed by atoms with Gasteiger partial charge in [-0.2, -0.15) is 5.10 Å². The van der Waals surface area contributed by atoms with Crippen LogP contribution in [0.1, 0.15) is 37.6 Å². The first-order valence-corrected chi connectivity index (χ1v) is 12.1. The molecule has 0 aliphatic heterocycles. The average molecular weight is 499 g/mol. The van der Waals surface area contributed by atoms with Gasteiger partial charge in [0.15, 0.2) is 5.65 Å². The summed E-state index contributed by atoms with van der Waals surface area (Å²) in [6, 6.07) is 11.2. The van der Waals surface area contributed by atoms with Gasteiger partial charge in [0.05, 0.1) is 22.4 Å². The van der Waals surface area contributed by atoms with Crippen molar-refractivity contribution in [1.82, 2.24) is 29.3 Å². The van der Waals surface area contributed by atoms with Crippen LogP contribution >= 0.6 is 0 Å². The fraction of sp³-hybridized carbons (Fsp3) is 0.296. The molecule has 0 atom stereocenters. The number of nitrogens with zero attached hydrogens (tertiary/aromatic N) is 5. The molecular formula is C27H30N8O2. The summed E-state index contributed by atoms with van der Waals surface area (Å²) in [6.45, 7) is 6.24. The molecule has 2 amide bonds. The maximum atomic E-state index is 12.9. The van der Waals surface area contributed by atoms with E-state index in [4.69, 9.17) is 0 Å². The van der Waals surface area contributed by atoms with Crippen molar-refractivity contribution in [2.24, 2.45) is 14.1 Å². The molecule has 190 valence electrons. The van der Waals surface area contributed by atoms with Crippen LogP contribution in [-0.4, -0.2) is 35.3 Å². The number of carbonyl (C=O) groups is 1.